The summed E-state index contributed by atoms with van der Waals surface area (Å²) in [7, 11) is 1.59. The van der Waals surface area contributed by atoms with Gasteiger partial charge in [-0.15, -0.1) is 0 Å². The van der Waals surface area contributed by atoms with Gasteiger partial charge in [-0.1, -0.05) is 11.6 Å². The van der Waals surface area contributed by atoms with Crippen LogP contribution in [0.15, 0.2) is 0 Å². The molecule has 20 heavy (non-hydrogen) atoms. The maximum atomic E-state index is 12.5. The smallest absolute Gasteiger partial charge is 0.273 e. The Morgan fingerprint density at radius 2 is 2.50 bits per heavy atom. The number of nitrogens with one attached hydrogen (secondary N) is 1. The summed E-state index contributed by atoms with van der Waals surface area (Å²) in [5, 5.41) is 6.48. The SMILES string of the molecule is COCCN(C[C@H]1CCCO1)C(=O)c1[nH]nc(N)c1Cl. The summed E-state index contributed by atoms with van der Waals surface area (Å²) in [4.78, 5) is 14.1. The van der Waals surface area contributed by atoms with Crippen LogP contribution in [0, 0.1) is 0 Å². The summed E-state index contributed by atoms with van der Waals surface area (Å²) < 4.78 is 10.6. The number of ether oxygens (including phenoxy) is 2. The average Bonchev–Trinajstić information content (AvgIpc) is 3.06. The highest BCUT2D eigenvalue weighted by Gasteiger charge is 2.26. The number of aromatic nitrogens is 2. The van der Waals surface area contributed by atoms with Gasteiger partial charge in [-0.3, -0.25) is 9.89 Å². The molecule has 2 rings (SSSR count). The highest BCUT2D eigenvalue weighted by molar-refractivity contribution is 6.35. The lowest BCUT2D eigenvalue weighted by Crippen LogP contribution is -2.39. The molecule has 0 spiro atoms. The molecule has 1 aromatic rings. The van der Waals surface area contributed by atoms with E-state index in [4.69, 9.17) is 26.8 Å². The molecule has 1 aliphatic heterocycles. The molecule has 7 nitrogen and oxygen atoms in total. The van der Waals surface area contributed by atoms with E-state index in [0.717, 1.165) is 19.4 Å². The maximum Gasteiger partial charge on any atom is 0.273 e. The van der Waals surface area contributed by atoms with Crippen molar-refractivity contribution in [1.82, 2.24) is 15.1 Å². The fourth-order valence-corrected chi connectivity index (χ4v) is 2.32. The average molecular weight is 303 g/mol. The third-order valence-corrected chi connectivity index (χ3v) is 3.63. The molecule has 1 amide bonds. The minimum absolute atomic E-state index is 0.0647. The minimum atomic E-state index is -0.244. The van der Waals surface area contributed by atoms with Crippen molar-refractivity contribution < 1.29 is 14.3 Å². The van der Waals surface area contributed by atoms with Gasteiger partial charge in [0.05, 0.1) is 12.7 Å². The number of hydrogen-bond donors (Lipinski definition) is 2. The number of halogens is 1. The van der Waals surface area contributed by atoms with Crippen molar-refractivity contribution in [1.29, 1.82) is 0 Å². The summed E-state index contributed by atoms with van der Waals surface area (Å²) in [5.41, 5.74) is 5.75. The van der Waals surface area contributed by atoms with Crippen LogP contribution in [0.2, 0.25) is 5.02 Å². The number of carbonyl (C=O) groups is 1. The predicted octanol–water partition coefficient (Wildman–Crippen LogP) is 0.913. The van der Waals surface area contributed by atoms with Crippen LogP contribution in [0.25, 0.3) is 0 Å². The Bertz CT molecular complexity index is 460. The number of nitrogens with two attached hydrogens (primary N) is 1. The first-order valence-corrected chi connectivity index (χ1v) is 6.90. The first-order valence-electron chi connectivity index (χ1n) is 6.52. The zero-order chi connectivity index (χ0) is 14.5. The summed E-state index contributed by atoms with van der Waals surface area (Å²) in [6.07, 6.45) is 2.04. The number of aromatic amines is 1. The van der Waals surface area contributed by atoms with E-state index in [1.807, 2.05) is 0 Å². The molecule has 0 saturated carbocycles. The zero-order valence-corrected chi connectivity index (χ0v) is 12.2. The largest absolute Gasteiger partial charge is 0.383 e. The van der Waals surface area contributed by atoms with E-state index in [0.29, 0.717) is 19.7 Å². The summed E-state index contributed by atoms with van der Waals surface area (Å²) >= 11 is 5.97. The van der Waals surface area contributed by atoms with Crippen LogP contribution < -0.4 is 5.73 Å². The maximum absolute atomic E-state index is 12.5. The molecule has 1 aliphatic rings. The van der Waals surface area contributed by atoms with Gasteiger partial charge < -0.3 is 20.1 Å². The molecular weight excluding hydrogens is 284 g/mol. The van der Waals surface area contributed by atoms with Gasteiger partial charge in [0.2, 0.25) is 0 Å². The number of nitrogens with zero attached hydrogens (tertiary/aromatic N) is 2. The van der Waals surface area contributed by atoms with Crippen LogP contribution in [0.3, 0.4) is 0 Å². The molecule has 0 aliphatic carbocycles. The van der Waals surface area contributed by atoms with E-state index < -0.39 is 0 Å². The summed E-state index contributed by atoms with van der Waals surface area (Å²) in [6.45, 7) is 2.16. The molecule has 8 heteroatoms. The topological polar surface area (TPSA) is 93.5 Å². The van der Waals surface area contributed by atoms with Gasteiger partial charge in [-0.2, -0.15) is 5.10 Å². The first-order chi connectivity index (χ1) is 9.63. The lowest BCUT2D eigenvalue weighted by Gasteiger charge is -2.24. The van der Waals surface area contributed by atoms with E-state index in [1.54, 1.807) is 12.0 Å². The second-order valence-electron chi connectivity index (χ2n) is 4.68. The summed E-state index contributed by atoms with van der Waals surface area (Å²) in [5.74, 6) is -0.120. The second kappa shape index (κ2) is 6.92. The second-order valence-corrected chi connectivity index (χ2v) is 5.05. The van der Waals surface area contributed by atoms with Crippen LogP contribution >= 0.6 is 11.6 Å². The third-order valence-electron chi connectivity index (χ3n) is 3.25. The third kappa shape index (κ3) is 3.41. The van der Waals surface area contributed by atoms with E-state index >= 15 is 0 Å². The van der Waals surface area contributed by atoms with E-state index in [9.17, 15) is 4.79 Å². The van der Waals surface area contributed by atoms with E-state index in [1.165, 1.54) is 0 Å². The monoisotopic (exact) mass is 302 g/mol. The lowest BCUT2D eigenvalue weighted by atomic mass is 10.2. The Kier molecular flexibility index (Phi) is 5.22. The first kappa shape index (κ1) is 15.1. The Morgan fingerprint density at radius 1 is 1.70 bits per heavy atom. The van der Waals surface area contributed by atoms with Gasteiger partial charge in [0.15, 0.2) is 5.82 Å². The Morgan fingerprint density at radius 3 is 3.05 bits per heavy atom. The minimum Gasteiger partial charge on any atom is -0.383 e. The van der Waals surface area contributed by atoms with Crippen LogP contribution in [-0.2, 0) is 9.47 Å². The predicted molar refractivity (Wildman–Crippen MR) is 74.8 cm³/mol. The van der Waals surface area contributed by atoms with Crippen molar-refractivity contribution in [3.63, 3.8) is 0 Å². The highest BCUT2D eigenvalue weighted by Crippen LogP contribution is 2.22. The lowest BCUT2D eigenvalue weighted by molar-refractivity contribution is 0.0452. The fraction of sp³-hybridized carbons (Fsp3) is 0.667. The normalized spacial score (nSPS) is 18.4. The van der Waals surface area contributed by atoms with Crippen molar-refractivity contribution in [3.8, 4) is 0 Å². The van der Waals surface area contributed by atoms with Gasteiger partial charge in [-0.25, -0.2) is 0 Å². The number of carbonyl (C=O) groups excluding carboxylic acids is 1. The molecule has 1 aromatic heterocycles. The zero-order valence-electron chi connectivity index (χ0n) is 11.4. The molecule has 0 bridgehead atoms. The number of nitrogen functional groups attached to an aromatic ring is 1. The number of rotatable bonds is 6. The molecule has 0 radical (unpaired) electrons. The molecule has 2 heterocycles. The van der Waals surface area contributed by atoms with Gasteiger partial charge in [0.25, 0.3) is 5.91 Å². The van der Waals surface area contributed by atoms with Crippen LogP contribution in [0.4, 0.5) is 5.82 Å². The van der Waals surface area contributed by atoms with Gasteiger partial charge >= 0.3 is 0 Å². The summed E-state index contributed by atoms with van der Waals surface area (Å²) in [6, 6.07) is 0. The molecule has 3 N–H and O–H groups in total. The fourth-order valence-electron chi connectivity index (χ4n) is 2.15. The quantitative estimate of drug-likeness (QED) is 0.815. The number of amides is 1. The molecule has 0 aromatic carbocycles. The van der Waals surface area contributed by atoms with E-state index in [2.05, 4.69) is 10.2 Å². The number of H-pyrrole nitrogens is 1. The standard InChI is InChI=1S/C12H19ClN4O3/c1-19-6-4-17(7-8-3-2-5-20-8)12(18)10-9(13)11(14)16-15-10/h8H,2-7H2,1H3,(H3,14,15,16)/t8-/m1/s1. The number of hydrogen-bond acceptors (Lipinski definition) is 5. The Labute approximate surface area is 122 Å². The number of methoxy groups -OCH3 is 1. The Balaban J connectivity index is 2.08. The molecule has 1 saturated heterocycles. The van der Waals surface area contributed by atoms with Crippen molar-refractivity contribution in [2.45, 2.75) is 18.9 Å². The van der Waals surface area contributed by atoms with Gasteiger partial charge in [0, 0.05) is 26.8 Å². The molecule has 0 unspecified atom stereocenters. The van der Waals surface area contributed by atoms with Gasteiger partial charge in [-0.05, 0) is 12.8 Å². The van der Waals surface area contributed by atoms with Crippen molar-refractivity contribution in [3.05, 3.63) is 10.7 Å². The van der Waals surface area contributed by atoms with Gasteiger partial charge in [0.1, 0.15) is 10.7 Å². The van der Waals surface area contributed by atoms with Crippen LogP contribution in [0.5, 0.6) is 0 Å². The van der Waals surface area contributed by atoms with Crippen LogP contribution in [0.1, 0.15) is 23.3 Å². The van der Waals surface area contributed by atoms with E-state index in [-0.39, 0.29) is 28.5 Å². The highest BCUT2D eigenvalue weighted by atomic mass is 35.5. The van der Waals surface area contributed by atoms with Crippen molar-refractivity contribution in [2.24, 2.45) is 0 Å². The van der Waals surface area contributed by atoms with Crippen molar-refractivity contribution >= 4 is 23.3 Å². The van der Waals surface area contributed by atoms with Crippen molar-refractivity contribution in [2.75, 3.05) is 39.1 Å². The molecule has 1 fully saturated rings. The Hall–Kier alpha value is -1.31. The van der Waals surface area contributed by atoms with Crippen LogP contribution in [-0.4, -0.2) is 60.5 Å². The number of anilines is 1. The molecule has 112 valence electrons. The molecule has 1 atom stereocenters. The molecular formula is C12H19ClN4O3.